The van der Waals surface area contributed by atoms with E-state index in [9.17, 15) is 4.79 Å². The summed E-state index contributed by atoms with van der Waals surface area (Å²) in [5, 5.41) is 0.612. The maximum Gasteiger partial charge on any atom is 0.274 e. The van der Waals surface area contributed by atoms with Gasteiger partial charge in [-0.3, -0.25) is 4.79 Å². The largest absolute Gasteiger partial charge is 0.384 e. The van der Waals surface area contributed by atoms with Crippen molar-refractivity contribution in [3.05, 3.63) is 35.2 Å². The number of halogens is 1. The fourth-order valence-corrected chi connectivity index (χ4v) is 3.88. The minimum atomic E-state index is -0.0765. The lowest BCUT2D eigenvalue weighted by Crippen LogP contribution is -2.37. The van der Waals surface area contributed by atoms with Crippen LogP contribution in [0.3, 0.4) is 0 Å². The molecule has 2 atom stereocenters. The third-order valence-corrected chi connectivity index (χ3v) is 5.10. The molecule has 0 aromatic carbocycles. The van der Waals surface area contributed by atoms with Crippen LogP contribution in [0.25, 0.3) is 5.65 Å². The number of methoxy groups -OCH3 is 1. The van der Waals surface area contributed by atoms with Crippen molar-refractivity contribution in [3.8, 4) is 0 Å². The molecule has 0 saturated carbocycles. The van der Waals surface area contributed by atoms with Crippen molar-refractivity contribution in [2.24, 2.45) is 11.3 Å². The standard InChI is InChI=1S/C16H18ClN3O3/c1-22-9-16-8-20(4-11(16)7-23-10-16)15(21)13-6-19-5-12(17)2-3-14(19)18-13/h2-3,5-6,11H,4,7-10H2,1H3/t11-,16-/m1/s1. The Labute approximate surface area is 138 Å². The summed E-state index contributed by atoms with van der Waals surface area (Å²) < 4.78 is 12.8. The van der Waals surface area contributed by atoms with Crippen molar-refractivity contribution in [1.82, 2.24) is 14.3 Å². The van der Waals surface area contributed by atoms with Crippen LogP contribution < -0.4 is 0 Å². The minimum Gasteiger partial charge on any atom is -0.384 e. The number of nitrogens with zero attached hydrogens (tertiary/aromatic N) is 3. The van der Waals surface area contributed by atoms with Crippen LogP contribution in [0.2, 0.25) is 5.02 Å². The highest BCUT2D eigenvalue weighted by molar-refractivity contribution is 6.30. The fraction of sp³-hybridized carbons (Fsp3) is 0.500. The first-order chi connectivity index (χ1) is 11.1. The highest BCUT2D eigenvalue weighted by Crippen LogP contribution is 2.41. The molecule has 2 aromatic rings. The lowest BCUT2D eigenvalue weighted by Gasteiger charge is -2.25. The number of aromatic nitrogens is 2. The van der Waals surface area contributed by atoms with Gasteiger partial charge in [0.2, 0.25) is 0 Å². The number of ether oxygens (including phenoxy) is 2. The molecule has 4 heterocycles. The summed E-state index contributed by atoms with van der Waals surface area (Å²) in [5.41, 5.74) is 1.08. The number of hydrogen-bond donors (Lipinski definition) is 0. The Hall–Kier alpha value is -1.63. The van der Waals surface area contributed by atoms with E-state index >= 15 is 0 Å². The molecule has 0 aliphatic carbocycles. The van der Waals surface area contributed by atoms with Crippen molar-refractivity contribution in [2.75, 3.05) is 40.0 Å². The number of rotatable bonds is 3. The topological polar surface area (TPSA) is 56.1 Å². The fourth-order valence-electron chi connectivity index (χ4n) is 3.71. The van der Waals surface area contributed by atoms with E-state index in [0.717, 1.165) is 0 Å². The number of likely N-dealkylation sites (tertiary alicyclic amines) is 1. The van der Waals surface area contributed by atoms with Crippen LogP contribution in [0.1, 0.15) is 10.5 Å². The molecule has 0 radical (unpaired) electrons. The Morgan fingerprint density at radius 2 is 2.39 bits per heavy atom. The summed E-state index contributed by atoms with van der Waals surface area (Å²) >= 11 is 5.98. The molecule has 4 rings (SSSR count). The van der Waals surface area contributed by atoms with Crippen LogP contribution in [0.5, 0.6) is 0 Å². The number of amides is 1. The Balaban J connectivity index is 1.59. The quantitative estimate of drug-likeness (QED) is 0.857. The molecule has 0 bridgehead atoms. The second-order valence-corrected chi connectivity index (χ2v) is 6.87. The minimum absolute atomic E-state index is 0.0466. The first-order valence-corrected chi connectivity index (χ1v) is 7.99. The first kappa shape index (κ1) is 14.9. The molecule has 2 fully saturated rings. The van der Waals surface area contributed by atoms with Crippen LogP contribution in [0.4, 0.5) is 0 Å². The summed E-state index contributed by atoms with van der Waals surface area (Å²) in [6, 6.07) is 3.57. The van der Waals surface area contributed by atoms with Gasteiger partial charge in [-0.15, -0.1) is 0 Å². The number of carbonyl (C=O) groups is 1. The maximum atomic E-state index is 12.8. The molecule has 0 spiro atoms. The van der Waals surface area contributed by atoms with E-state index in [2.05, 4.69) is 4.98 Å². The number of fused-ring (bicyclic) bond motifs is 2. The third kappa shape index (κ3) is 2.41. The molecule has 2 saturated heterocycles. The number of imidazole rings is 1. The van der Waals surface area contributed by atoms with E-state index < -0.39 is 0 Å². The normalized spacial score (nSPS) is 26.9. The van der Waals surface area contributed by atoms with Crippen LogP contribution in [0, 0.1) is 11.3 Å². The van der Waals surface area contributed by atoms with Crippen molar-refractivity contribution >= 4 is 23.2 Å². The summed E-state index contributed by atoms with van der Waals surface area (Å²) in [6.07, 6.45) is 3.48. The molecule has 122 valence electrons. The van der Waals surface area contributed by atoms with Gasteiger partial charge >= 0.3 is 0 Å². The molecule has 2 aliphatic heterocycles. The van der Waals surface area contributed by atoms with E-state index in [4.69, 9.17) is 21.1 Å². The Morgan fingerprint density at radius 3 is 3.22 bits per heavy atom. The van der Waals surface area contributed by atoms with E-state index in [1.807, 2.05) is 4.90 Å². The van der Waals surface area contributed by atoms with Crippen molar-refractivity contribution in [1.29, 1.82) is 0 Å². The Bertz CT molecular complexity index is 762. The van der Waals surface area contributed by atoms with Gasteiger partial charge in [0.05, 0.1) is 24.8 Å². The van der Waals surface area contributed by atoms with Gasteiger partial charge in [0.15, 0.2) is 0 Å². The first-order valence-electron chi connectivity index (χ1n) is 7.61. The van der Waals surface area contributed by atoms with E-state index in [1.165, 1.54) is 0 Å². The van der Waals surface area contributed by atoms with Gasteiger partial charge in [0.25, 0.3) is 5.91 Å². The SMILES string of the molecule is COC[C@]12COC[C@H]1CN(C(=O)c1cn3cc(Cl)ccc3n1)C2. The molecule has 0 unspecified atom stereocenters. The van der Waals surface area contributed by atoms with Gasteiger partial charge in [-0.2, -0.15) is 0 Å². The van der Waals surface area contributed by atoms with Gasteiger partial charge in [-0.05, 0) is 12.1 Å². The van der Waals surface area contributed by atoms with Gasteiger partial charge in [0.1, 0.15) is 11.3 Å². The van der Waals surface area contributed by atoms with Crippen molar-refractivity contribution in [2.45, 2.75) is 0 Å². The molecule has 2 aliphatic rings. The van der Waals surface area contributed by atoms with Crippen LogP contribution in [-0.4, -0.2) is 60.2 Å². The zero-order valence-electron chi connectivity index (χ0n) is 12.9. The number of pyridine rings is 1. The zero-order valence-corrected chi connectivity index (χ0v) is 13.6. The van der Waals surface area contributed by atoms with E-state index in [1.54, 1.807) is 36.0 Å². The lowest BCUT2D eigenvalue weighted by atomic mass is 9.82. The molecule has 1 amide bonds. The average Bonchev–Trinajstić information content (AvgIpc) is 3.17. The summed E-state index contributed by atoms with van der Waals surface area (Å²) in [6.45, 7) is 3.29. The highest BCUT2D eigenvalue weighted by atomic mass is 35.5. The smallest absolute Gasteiger partial charge is 0.274 e. The third-order valence-electron chi connectivity index (χ3n) is 4.87. The summed E-state index contributed by atoms with van der Waals surface area (Å²) in [7, 11) is 1.69. The Kier molecular flexibility index (Phi) is 3.55. The second-order valence-electron chi connectivity index (χ2n) is 6.43. The zero-order chi connectivity index (χ0) is 16.0. The van der Waals surface area contributed by atoms with Gasteiger partial charge in [0, 0.05) is 43.9 Å². The number of carbonyl (C=O) groups excluding carboxylic acids is 1. The van der Waals surface area contributed by atoms with Crippen LogP contribution in [0.15, 0.2) is 24.5 Å². The molecule has 0 N–H and O–H groups in total. The van der Waals surface area contributed by atoms with Crippen LogP contribution in [-0.2, 0) is 9.47 Å². The van der Waals surface area contributed by atoms with Crippen molar-refractivity contribution < 1.29 is 14.3 Å². The Morgan fingerprint density at radius 1 is 1.52 bits per heavy atom. The maximum absolute atomic E-state index is 12.8. The average molecular weight is 336 g/mol. The van der Waals surface area contributed by atoms with Crippen LogP contribution >= 0.6 is 11.6 Å². The van der Waals surface area contributed by atoms with Gasteiger partial charge in [-0.1, -0.05) is 11.6 Å². The highest BCUT2D eigenvalue weighted by Gasteiger charge is 2.52. The van der Waals surface area contributed by atoms with E-state index in [0.29, 0.717) is 55.2 Å². The molecule has 23 heavy (non-hydrogen) atoms. The molecule has 7 heteroatoms. The predicted molar refractivity (Wildman–Crippen MR) is 84.7 cm³/mol. The molecule has 6 nitrogen and oxygen atoms in total. The number of hydrogen-bond acceptors (Lipinski definition) is 4. The summed E-state index contributed by atoms with van der Waals surface area (Å²) in [4.78, 5) is 19.1. The molecular weight excluding hydrogens is 318 g/mol. The van der Waals surface area contributed by atoms with Gasteiger partial charge < -0.3 is 18.8 Å². The lowest BCUT2D eigenvalue weighted by molar-refractivity contribution is 0.0487. The predicted octanol–water partition coefficient (Wildman–Crippen LogP) is 1.72. The monoisotopic (exact) mass is 335 g/mol. The van der Waals surface area contributed by atoms with E-state index in [-0.39, 0.29) is 11.3 Å². The molecular formula is C16H18ClN3O3. The van der Waals surface area contributed by atoms with Gasteiger partial charge in [-0.25, -0.2) is 4.98 Å². The van der Waals surface area contributed by atoms with Crippen molar-refractivity contribution in [3.63, 3.8) is 0 Å². The molecule has 2 aromatic heterocycles. The second kappa shape index (κ2) is 5.47. The summed E-state index contributed by atoms with van der Waals surface area (Å²) in [5.74, 6) is 0.285.